The SMILES string of the molecule is C[C@@H]1Cc2nn3c(c2CN1C(=O)OC(C)(C)C)C(=O)N(C)OC(CN=[N+]=[N-])C3. The molecule has 2 aliphatic heterocycles. The number of carbonyl (C=O) groups excluding carboxylic acids is 2. The van der Waals surface area contributed by atoms with Gasteiger partial charge in [-0.1, -0.05) is 5.11 Å². The van der Waals surface area contributed by atoms with E-state index >= 15 is 0 Å². The highest BCUT2D eigenvalue weighted by Gasteiger charge is 2.38. The highest BCUT2D eigenvalue weighted by atomic mass is 16.7. The van der Waals surface area contributed by atoms with Gasteiger partial charge >= 0.3 is 6.09 Å². The van der Waals surface area contributed by atoms with Gasteiger partial charge < -0.3 is 9.64 Å². The molecule has 1 aromatic rings. The lowest BCUT2D eigenvalue weighted by molar-refractivity contribution is -0.144. The van der Waals surface area contributed by atoms with Crippen molar-refractivity contribution in [2.24, 2.45) is 5.11 Å². The van der Waals surface area contributed by atoms with Gasteiger partial charge in [0, 0.05) is 30.0 Å². The molecule has 3 rings (SSSR count). The van der Waals surface area contributed by atoms with Gasteiger partial charge in [-0.25, -0.2) is 9.86 Å². The Morgan fingerprint density at radius 1 is 1.46 bits per heavy atom. The number of hydrogen-bond donors (Lipinski definition) is 0. The van der Waals surface area contributed by atoms with Crippen molar-refractivity contribution in [2.45, 2.75) is 65.0 Å². The van der Waals surface area contributed by atoms with Crippen LogP contribution in [0.1, 0.15) is 49.4 Å². The number of carbonyl (C=O) groups is 2. The molecule has 2 atom stereocenters. The first-order valence-corrected chi connectivity index (χ1v) is 9.14. The van der Waals surface area contributed by atoms with Crippen molar-refractivity contribution in [2.75, 3.05) is 13.6 Å². The number of azide groups is 1. The van der Waals surface area contributed by atoms with E-state index in [1.807, 2.05) is 27.7 Å². The van der Waals surface area contributed by atoms with Crippen molar-refractivity contribution in [1.82, 2.24) is 19.7 Å². The van der Waals surface area contributed by atoms with Crippen LogP contribution < -0.4 is 0 Å². The molecule has 0 radical (unpaired) electrons. The molecule has 0 saturated heterocycles. The summed E-state index contributed by atoms with van der Waals surface area (Å²) in [4.78, 5) is 35.4. The van der Waals surface area contributed by atoms with Crippen LogP contribution in [0.2, 0.25) is 0 Å². The van der Waals surface area contributed by atoms with E-state index in [1.54, 1.807) is 9.58 Å². The predicted molar refractivity (Wildman–Crippen MR) is 98.1 cm³/mol. The Morgan fingerprint density at radius 2 is 2.18 bits per heavy atom. The first-order chi connectivity index (χ1) is 13.1. The molecule has 11 heteroatoms. The lowest BCUT2D eigenvalue weighted by atomic mass is 9.99. The molecule has 3 heterocycles. The Hall–Kier alpha value is -2.78. The molecule has 0 aromatic carbocycles. The smallest absolute Gasteiger partial charge is 0.410 e. The summed E-state index contributed by atoms with van der Waals surface area (Å²) in [7, 11) is 1.51. The van der Waals surface area contributed by atoms with Crippen LogP contribution in [0, 0.1) is 0 Å². The summed E-state index contributed by atoms with van der Waals surface area (Å²) in [5.74, 6) is -0.351. The molecule has 1 aromatic heterocycles. The average molecular weight is 391 g/mol. The number of ether oxygens (including phenoxy) is 1. The zero-order chi connectivity index (χ0) is 20.6. The zero-order valence-corrected chi connectivity index (χ0v) is 16.7. The van der Waals surface area contributed by atoms with Crippen molar-refractivity contribution in [3.8, 4) is 0 Å². The molecular formula is C17H25N7O4. The van der Waals surface area contributed by atoms with E-state index in [2.05, 4.69) is 15.1 Å². The zero-order valence-electron chi connectivity index (χ0n) is 16.7. The Kier molecular flexibility index (Phi) is 5.22. The molecule has 28 heavy (non-hydrogen) atoms. The van der Waals surface area contributed by atoms with Crippen LogP contribution in [0.15, 0.2) is 5.11 Å². The third-order valence-electron chi connectivity index (χ3n) is 4.63. The number of fused-ring (bicyclic) bond motifs is 3. The second-order valence-electron chi connectivity index (χ2n) is 8.06. The lowest BCUT2D eigenvalue weighted by Crippen LogP contribution is -2.45. The number of amides is 2. The summed E-state index contributed by atoms with van der Waals surface area (Å²) in [5, 5.41) is 9.26. The third kappa shape index (κ3) is 3.90. The quantitative estimate of drug-likeness (QED) is 0.434. The Morgan fingerprint density at radius 3 is 2.82 bits per heavy atom. The minimum atomic E-state index is -0.606. The normalized spacial score (nSPS) is 22.1. The van der Waals surface area contributed by atoms with E-state index in [0.29, 0.717) is 17.7 Å². The van der Waals surface area contributed by atoms with Crippen molar-refractivity contribution in [3.63, 3.8) is 0 Å². The fraction of sp³-hybridized carbons (Fsp3) is 0.706. The van der Waals surface area contributed by atoms with Crippen LogP contribution in [0.4, 0.5) is 4.79 Å². The highest BCUT2D eigenvalue weighted by Crippen LogP contribution is 2.29. The first kappa shape index (κ1) is 20.0. The van der Waals surface area contributed by atoms with Gasteiger partial charge in [0.15, 0.2) is 0 Å². The van der Waals surface area contributed by atoms with E-state index < -0.39 is 17.8 Å². The summed E-state index contributed by atoms with van der Waals surface area (Å²) in [6, 6.07) is -0.107. The van der Waals surface area contributed by atoms with E-state index in [-0.39, 0.29) is 31.6 Å². The molecule has 152 valence electrons. The number of aromatic nitrogens is 2. The Bertz CT molecular complexity index is 837. The van der Waals surface area contributed by atoms with Crippen LogP contribution in [0.3, 0.4) is 0 Å². The Balaban J connectivity index is 1.93. The molecule has 1 unspecified atom stereocenters. The average Bonchev–Trinajstić information content (AvgIpc) is 2.87. The van der Waals surface area contributed by atoms with Crippen LogP contribution >= 0.6 is 0 Å². The van der Waals surface area contributed by atoms with Crippen molar-refractivity contribution < 1.29 is 19.2 Å². The summed E-state index contributed by atoms with van der Waals surface area (Å²) in [6.45, 7) is 7.97. The van der Waals surface area contributed by atoms with Gasteiger partial charge in [0.25, 0.3) is 5.91 Å². The molecule has 11 nitrogen and oxygen atoms in total. The molecule has 0 fully saturated rings. The standard InChI is InChI=1S/C17H25N7O4/c1-10-6-13-12(9-23(10)16(26)27-17(2,3)4)14-15(25)22(5)28-11(7-19-21-18)8-24(14)20-13/h10-11H,6-9H2,1-5H3/t10-,11?/m1/s1. The van der Waals surface area contributed by atoms with E-state index in [1.165, 1.54) is 7.05 Å². The number of rotatable bonds is 2. The van der Waals surface area contributed by atoms with E-state index in [9.17, 15) is 9.59 Å². The molecule has 0 N–H and O–H groups in total. The number of nitrogens with zero attached hydrogens (tertiary/aromatic N) is 7. The largest absolute Gasteiger partial charge is 0.444 e. The highest BCUT2D eigenvalue weighted by molar-refractivity contribution is 5.94. The van der Waals surface area contributed by atoms with Gasteiger partial charge in [0.1, 0.15) is 17.4 Å². The fourth-order valence-corrected chi connectivity index (χ4v) is 3.40. The van der Waals surface area contributed by atoms with Gasteiger partial charge in [-0.3, -0.25) is 14.3 Å². The van der Waals surface area contributed by atoms with Crippen molar-refractivity contribution in [3.05, 3.63) is 27.4 Å². The summed E-state index contributed by atoms with van der Waals surface area (Å²) >= 11 is 0. The van der Waals surface area contributed by atoms with Crippen LogP contribution in [-0.4, -0.2) is 63.1 Å². The van der Waals surface area contributed by atoms with Crippen LogP contribution in [0.25, 0.3) is 10.4 Å². The van der Waals surface area contributed by atoms with Crippen molar-refractivity contribution in [1.29, 1.82) is 0 Å². The molecule has 2 aliphatic rings. The second kappa shape index (κ2) is 7.33. The predicted octanol–water partition coefficient (Wildman–Crippen LogP) is 2.26. The van der Waals surface area contributed by atoms with Gasteiger partial charge in [-0.05, 0) is 33.2 Å². The summed E-state index contributed by atoms with van der Waals surface area (Å²) in [5.41, 5.74) is 9.83. The molecular weight excluding hydrogens is 366 g/mol. The van der Waals surface area contributed by atoms with E-state index in [4.69, 9.17) is 15.1 Å². The van der Waals surface area contributed by atoms with Gasteiger partial charge in [-0.2, -0.15) is 5.10 Å². The maximum Gasteiger partial charge on any atom is 0.410 e. The number of hydroxylamine groups is 2. The molecule has 2 amide bonds. The monoisotopic (exact) mass is 391 g/mol. The topological polar surface area (TPSA) is 126 Å². The number of hydrogen-bond acceptors (Lipinski definition) is 6. The van der Waals surface area contributed by atoms with Crippen LogP contribution in [-0.2, 0) is 29.1 Å². The fourth-order valence-electron chi connectivity index (χ4n) is 3.40. The van der Waals surface area contributed by atoms with Gasteiger partial charge in [0.2, 0.25) is 0 Å². The maximum absolute atomic E-state index is 12.9. The second-order valence-corrected chi connectivity index (χ2v) is 8.06. The molecule has 0 saturated carbocycles. The molecule has 0 spiro atoms. The molecule has 0 aliphatic carbocycles. The van der Waals surface area contributed by atoms with Crippen molar-refractivity contribution >= 4 is 12.0 Å². The Labute approximate surface area is 162 Å². The van der Waals surface area contributed by atoms with E-state index in [0.717, 1.165) is 10.8 Å². The minimum absolute atomic E-state index is 0.0819. The molecule has 0 bridgehead atoms. The van der Waals surface area contributed by atoms with Gasteiger partial charge in [-0.15, -0.1) is 0 Å². The van der Waals surface area contributed by atoms with Crippen LogP contribution in [0.5, 0.6) is 0 Å². The van der Waals surface area contributed by atoms with Gasteiger partial charge in [0.05, 0.1) is 25.3 Å². The lowest BCUT2D eigenvalue weighted by Gasteiger charge is -2.34. The third-order valence-corrected chi connectivity index (χ3v) is 4.63. The minimum Gasteiger partial charge on any atom is -0.444 e. The first-order valence-electron chi connectivity index (χ1n) is 9.14. The summed E-state index contributed by atoms with van der Waals surface area (Å²) in [6.07, 6.45) is -0.405. The maximum atomic E-state index is 12.9. The summed E-state index contributed by atoms with van der Waals surface area (Å²) < 4.78 is 7.11.